The van der Waals surface area contributed by atoms with E-state index in [0.29, 0.717) is 46.2 Å². The predicted octanol–water partition coefficient (Wildman–Crippen LogP) is 1.73. The lowest BCUT2D eigenvalue weighted by Gasteiger charge is -2.40. The number of nitrogens with two attached hydrogens (primary N) is 1. The fourth-order valence-corrected chi connectivity index (χ4v) is 6.15. The Labute approximate surface area is 190 Å². The minimum absolute atomic E-state index is 0.0556. The number of anilines is 2. The molecular formula is C21H23N7O4S. The van der Waals surface area contributed by atoms with E-state index in [1.165, 1.54) is 20.4 Å². The van der Waals surface area contributed by atoms with E-state index in [9.17, 15) is 8.42 Å². The molecule has 1 aromatic carbocycles. The summed E-state index contributed by atoms with van der Waals surface area (Å²) in [4.78, 5) is 17.8. The molecular weight excluding hydrogens is 446 g/mol. The average Bonchev–Trinajstić information content (AvgIpc) is 2.94. The maximum Gasteiger partial charge on any atom is 0.242 e. The van der Waals surface area contributed by atoms with Gasteiger partial charge in [0, 0.05) is 30.9 Å². The zero-order valence-corrected chi connectivity index (χ0v) is 19.1. The Hall–Kier alpha value is -3.67. The number of aromatic nitrogens is 3. The average molecular weight is 470 g/mol. The molecule has 0 amide bonds. The zero-order valence-electron chi connectivity index (χ0n) is 18.3. The Morgan fingerprint density at radius 1 is 1.30 bits per heavy atom. The smallest absolute Gasteiger partial charge is 0.242 e. The lowest BCUT2D eigenvalue weighted by molar-refractivity contribution is 0.310. The number of nitrogens with one attached hydrogen (secondary N) is 1. The van der Waals surface area contributed by atoms with Crippen LogP contribution in [-0.4, -0.2) is 59.6 Å². The van der Waals surface area contributed by atoms with Crippen LogP contribution < -0.4 is 20.5 Å². The number of rotatable bonds is 3. The Bertz CT molecular complexity index is 1390. The van der Waals surface area contributed by atoms with Crippen molar-refractivity contribution in [3.05, 3.63) is 42.2 Å². The molecule has 0 unspecified atom stereocenters. The highest BCUT2D eigenvalue weighted by molar-refractivity contribution is 7.90. The van der Waals surface area contributed by atoms with Crippen LogP contribution in [0.15, 0.2) is 41.7 Å². The van der Waals surface area contributed by atoms with Crippen LogP contribution in [0, 0.1) is 0 Å². The second-order valence-electron chi connectivity index (χ2n) is 8.03. The molecule has 5 rings (SSSR count). The van der Waals surface area contributed by atoms with Gasteiger partial charge in [-0.1, -0.05) is 0 Å². The van der Waals surface area contributed by atoms with E-state index in [4.69, 9.17) is 15.2 Å². The number of sulfonamides is 1. The molecule has 2 aliphatic rings. The number of methoxy groups -OCH3 is 1. The first-order chi connectivity index (χ1) is 15.7. The van der Waals surface area contributed by atoms with Gasteiger partial charge in [0.1, 0.15) is 22.1 Å². The van der Waals surface area contributed by atoms with Crippen LogP contribution >= 0.6 is 0 Å². The number of fused-ring (bicyclic) bond motifs is 4. The Morgan fingerprint density at radius 3 is 2.91 bits per heavy atom. The molecule has 4 heterocycles. The normalized spacial score (nSPS) is 23.5. The van der Waals surface area contributed by atoms with Gasteiger partial charge in [0.15, 0.2) is 5.82 Å². The van der Waals surface area contributed by atoms with E-state index < -0.39 is 20.8 Å². The van der Waals surface area contributed by atoms with Crippen LogP contribution in [0.3, 0.4) is 0 Å². The molecule has 0 aliphatic carbocycles. The summed E-state index contributed by atoms with van der Waals surface area (Å²) in [5, 5.41) is 2.45. The van der Waals surface area contributed by atoms with Crippen molar-refractivity contribution >= 4 is 38.5 Å². The van der Waals surface area contributed by atoms with Crippen LogP contribution in [0.5, 0.6) is 11.6 Å². The Balaban J connectivity index is 1.60. The largest absolute Gasteiger partial charge is 0.493 e. The van der Waals surface area contributed by atoms with Crippen LogP contribution in [0.1, 0.15) is 18.9 Å². The summed E-state index contributed by atoms with van der Waals surface area (Å²) in [6, 6.07) is 7.19. The molecule has 0 fully saturated rings. The number of guanidine groups is 1. The lowest BCUT2D eigenvalue weighted by atomic mass is 9.87. The van der Waals surface area contributed by atoms with E-state index in [0.717, 1.165) is 4.31 Å². The third kappa shape index (κ3) is 3.28. The van der Waals surface area contributed by atoms with Crippen molar-refractivity contribution < 1.29 is 17.9 Å². The molecule has 0 radical (unpaired) electrons. The number of ether oxygens (including phenoxy) is 2. The van der Waals surface area contributed by atoms with Gasteiger partial charge in [-0.25, -0.2) is 32.7 Å². The lowest BCUT2D eigenvalue weighted by Crippen LogP contribution is -2.56. The van der Waals surface area contributed by atoms with Gasteiger partial charge in [-0.3, -0.25) is 0 Å². The molecule has 3 N–H and O–H groups in total. The van der Waals surface area contributed by atoms with Gasteiger partial charge in [0.25, 0.3) is 0 Å². The van der Waals surface area contributed by atoms with Crippen molar-refractivity contribution in [2.24, 2.45) is 10.7 Å². The summed E-state index contributed by atoms with van der Waals surface area (Å²) in [7, 11) is -0.763. The van der Waals surface area contributed by atoms with Crippen LogP contribution in [0.2, 0.25) is 0 Å². The van der Waals surface area contributed by atoms with Gasteiger partial charge in [-0.2, -0.15) is 0 Å². The highest BCUT2D eigenvalue weighted by Crippen LogP contribution is 2.46. The van der Waals surface area contributed by atoms with Crippen molar-refractivity contribution in [2.45, 2.75) is 24.1 Å². The first kappa shape index (κ1) is 21.2. The minimum Gasteiger partial charge on any atom is -0.493 e. The van der Waals surface area contributed by atoms with Crippen molar-refractivity contribution in [1.29, 1.82) is 0 Å². The van der Waals surface area contributed by atoms with Gasteiger partial charge in [-0.05, 0) is 31.2 Å². The van der Waals surface area contributed by atoms with E-state index in [1.807, 2.05) is 12.1 Å². The number of benzene rings is 1. The predicted molar refractivity (Wildman–Crippen MR) is 123 cm³/mol. The summed E-state index contributed by atoms with van der Waals surface area (Å²) in [6.07, 6.45) is 3.43. The molecule has 0 spiro atoms. The maximum atomic E-state index is 13.2. The minimum atomic E-state index is -3.71. The first-order valence-corrected chi connectivity index (χ1v) is 11.8. The van der Waals surface area contributed by atoms with E-state index >= 15 is 0 Å². The van der Waals surface area contributed by atoms with E-state index in [1.54, 1.807) is 25.3 Å². The molecule has 2 aromatic heterocycles. The summed E-state index contributed by atoms with van der Waals surface area (Å²) in [5.41, 5.74) is 7.38. The van der Waals surface area contributed by atoms with Gasteiger partial charge in [0.2, 0.25) is 21.9 Å². The monoisotopic (exact) mass is 469 g/mol. The Morgan fingerprint density at radius 2 is 2.12 bits per heavy atom. The standard InChI is InChI=1S/C21H23N7O4S/c1-21-13-10-12(25-19-18-14(6-8-23-19)26-17(31-3)11-24-18)4-5-15(13)32-9-7-16(21)33(29,30)28(2)20(22)27-21/h4-6,8,10-11,16H,7,9H2,1-3H3,(H2,22,27)(H,23,25)/t16-,21+/m0/s1. The number of pyridine rings is 1. The maximum absolute atomic E-state index is 13.2. The van der Waals surface area contributed by atoms with Crippen molar-refractivity contribution in [3.8, 4) is 11.6 Å². The number of nitrogens with zero attached hydrogens (tertiary/aromatic N) is 5. The van der Waals surface area contributed by atoms with Gasteiger partial charge >= 0.3 is 0 Å². The van der Waals surface area contributed by atoms with Crippen LogP contribution in [0.4, 0.5) is 11.5 Å². The number of aliphatic imine (C=N–C) groups is 1. The van der Waals surface area contributed by atoms with Crippen molar-refractivity contribution in [2.75, 3.05) is 26.1 Å². The first-order valence-electron chi connectivity index (χ1n) is 10.3. The van der Waals surface area contributed by atoms with Crippen molar-refractivity contribution in [3.63, 3.8) is 0 Å². The second-order valence-corrected chi connectivity index (χ2v) is 10.2. The number of hydrogen-bond donors (Lipinski definition) is 2. The molecule has 33 heavy (non-hydrogen) atoms. The second kappa shape index (κ2) is 7.44. The van der Waals surface area contributed by atoms with E-state index in [-0.39, 0.29) is 12.6 Å². The summed E-state index contributed by atoms with van der Waals surface area (Å²) in [5.74, 6) is 1.41. The third-order valence-corrected chi connectivity index (χ3v) is 8.47. The van der Waals surface area contributed by atoms with Crippen molar-refractivity contribution in [1.82, 2.24) is 19.3 Å². The van der Waals surface area contributed by atoms with Gasteiger partial charge < -0.3 is 20.5 Å². The summed E-state index contributed by atoms with van der Waals surface area (Å²) < 4.78 is 38.4. The zero-order chi connectivity index (χ0) is 23.4. The Kier molecular flexibility index (Phi) is 4.78. The summed E-state index contributed by atoms with van der Waals surface area (Å²) >= 11 is 0. The molecule has 12 heteroatoms. The van der Waals surface area contributed by atoms with Gasteiger partial charge in [-0.15, -0.1) is 0 Å². The summed E-state index contributed by atoms with van der Waals surface area (Å²) in [6.45, 7) is 2.03. The fourth-order valence-electron chi connectivity index (χ4n) is 4.32. The highest BCUT2D eigenvalue weighted by atomic mass is 32.2. The highest BCUT2D eigenvalue weighted by Gasteiger charge is 2.52. The molecule has 0 saturated heterocycles. The molecule has 3 aromatic rings. The SMILES string of the molecule is COc1cnc2c(Nc3ccc4c(c3)[C@@]3(C)N=C(N)N(C)S(=O)(=O)[C@H]3CCO4)nccc2n1. The van der Waals surface area contributed by atoms with E-state index in [2.05, 4.69) is 25.3 Å². The number of hydrogen-bond acceptors (Lipinski definition) is 10. The molecule has 2 aliphatic heterocycles. The van der Waals surface area contributed by atoms with Crippen LogP contribution in [0.25, 0.3) is 11.0 Å². The molecule has 11 nitrogen and oxygen atoms in total. The van der Waals surface area contributed by atoms with Gasteiger partial charge in [0.05, 0.1) is 25.4 Å². The topological polar surface area (TPSA) is 145 Å². The molecule has 172 valence electrons. The molecule has 0 saturated carbocycles. The molecule has 2 atom stereocenters. The van der Waals surface area contributed by atoms with Crippen LogP contribution in [-0.2, 0) is 15.6 Å². The molecule has 0 bridgehead atoms. The quantitative estimate of drug-likeness (QED) is 0.586. The third-order valence-electron chi connectivity index (χ3n) is 6.11. The fraction of sp³-hybridized carbons (Fsp3) is 0.333.